The van der Waals surface area contributed by atoms with Crippen LogP contribution in [-0.2, 0) is 16.0 Å². The van der Waals surface area contributed by atoms with E-state index in [-0.39, 0.29) is 12.0 Å². The van der Waals surface area contributed by atoms with Gasteiger partial charge in [0.05, 0.1) is 6.61 Å². The van der Waals surface area contributed by atoms with Gasteiger partial charge in [0.15, 0.2) is 5.82 Å². The van der Waals surface area contributed by atoms with E-state index in [9.17, 15) is 4.79 Å². The van der Waals surface area contributed by atoms with Crippen molar-refractivity contribution in [3.05, 3.63) is 12.2 Å². The molecule has 0 bridgehead atoms. The number of aromatic nitrogens is 2. The van der Waals surface area contributed by atoms with Crippen LogP contribution in [-0.4, -0.2) is 35.3 Å². The fraction of sp³-hybridized carbons (Fsp3) is 0.667. The van der Waals surface area contributed by atoms with Crippen molar-refractivity contribution in [1.82, 2.24) is 15.5 Å². The minimum Gasteiger partial charge on any atom is -0.465 e. The largest absolute Gasteiger partial charge is 0.465 e. The van der Waals surface area contributed by atoms with Crippen LogP contribution in [0.1, 0.15) is 19.7 Å². The van der Waals surface area contributed by atoms with Gasteiger partial charge in [-0.1, -0.05) is 5.16 Å². The Morgan fingerprint density at radius 3 is 3.13 bits per heavy atom. The third-order valence-electron chi connectivity index (χ3n) is 1.85. The van der Waals surface area contributed by atoms with Crippen LogP contribution < -0.4 is 5.32 Å². The van der Waals surface area contributed by atoms with Crippen molar-refractivity contribution in [2.24, 2.45) is 0 Å². The van der Waals surface area contributed by atoms with Crippen molar-refractivity contribution >= 4 is 5.97 Å². The van der Waals surface area contributed by atoms with Crippen molar-refractivity contribution in [3.63, 3.8) is 0 Å². The summed E-state index contributed by atoms with van der Waals surface area (Å²) in [6, 6.07) is -0.308. The summed E-state index contributed by atoms with van der Waals surface area (Å²) in [6.07, 6.45) is 1.91. The highest BCUT2D eigenvalue weighted by Crippen LogP contribution is 1.91. The van der Waals surface area contributed by atoms with Gasteiger partial charge in [0, 0.05) is 13.0 Å². The number of esters is 1. The standard InChI is InChI=1S/C9H15N3O3/c1-3-14-9(13)7(2)10-5-4-8-11-6-15-12-8/h6-7,10H,3-5H2,1-2H3. The fourth-order valence-corrected chi connectivity index (χ4v) is 1.05. The third-order valence-corrected chi connectivity index (χ3v) is 1.85. The van der Waals surface area contributed by atoms with E-state index in [4.69, 9.17) is 4.74 Å². The second-order valence-electron chi connectivity index (χ2n) is 3.03. The van der Waals surface area contributed by atoms with E-state index in [1.165, 1.54) is 6.39 Å². The Morgan fingerprint density at radius 2 is 2.53 bits per heavy atom. The number of hydrogen-bond acceptors (Lipinski definition) is 6. The maximum Gasteiger partial charge on any atom is 0.322 e. The van der Waals surface area contributed by atoms with Crippen LogP contribution in [0.2, 0.25) is 0 Å². The summed E-state index contributed by atoms with van der Waals surface area (Å²) in [4.78, 5) is 15.1. The quantitative estimate of drug-likeness (QED) is 0.678. The lowest BCUT2D eigenvalue weighted by atomic mass is 10.3. The maximum absolute atomic E-state index is 11.2. The first-order valence-electron chi connectivity index (χ1n) is 4.89. The van der Waals surface area contributed by atoms with E-state index in [0.717, 1.165) is 0 Å². The minimum absolute atomic E-state index is 0.245. The molecule has 15 heavy (non-hydrogen) atoms. The summed E-state index contributed by atoms with van der Waals surface area (Å²) in [5.41, 5.74) is 0. The molecule has 1 aromatic rings. The molecule has 84 valence electrons. The van der Waals surface area contributed by atoms with Crippen LogP contribution in [0.25, 0.3) is 0 Å². The van der Waals surface area contributed by atoms with E-state index in [0.29, 0.717) is 25.4 Å². The molecule has 0 amide bonds. The minimum atomic E-state index is -0.308. The molecular weight excluding hydrogens is 198 g/mol. The molecule has 0 radical (unpaired) electrons. The second kappa shape index (κ2) is 6.13. The van der Waals surface area contributed by atoms with E-state index in [2.05, 4.69) is 20.0 Å². The number of nitrogens with zero attached hydrogens (tertiary/aromatic N) is 2. The van der Waals surface area contributed by atoms with Crippen LogP contribution >= 0.6 is 0 Å². The predicted molar refractivity (Wildman–Crippen MR) is 52.1 cm³/mol. The number of ether oxygens (including phenoxy) is 1. The monoisotopic (exact) mass is 213 g/mol. The fourth-order valence-electron chi connectivity index (χ4n) is 1.05. The number of carbonyl (C=O) groups excluding carboxylic acids is 1. The van der Waals surface area contributed by atoms with Gasteiger partial charge in [0.25, 0.3) is 0 Å². The first-order valence-corrected chi connectivity index (χ1v) is 4.89. The van der Waals surface area contributed by atoms with Crippen molar-refractivity contribution in [3.8, 4) is 0 Å². The number of hydrogen-bond donors (Lipinski definition) is 1. The third kappa shape index (κ3) is 4.07. The second-order valence-corrected chi connectivity index (χ2v) is 3.03. The molecule has 1 aromatic heterocycles. The lowest BCUT2D eigenvalue weighted by Crippen LogP contribution is -2.36. The molecule has 1 atom stereocenters. The van der Waals surface area contributed by atoms with Gasteiger partial charge in [0.2, 0.25) is 6.39 Å². The molecule has 0 aromatic carbocycles. The molecule has 1 N–H and O–H groups in total. The summed E-state index contributed by atoms with van der Waals surface area (Å²) in [5.74, 6) is 0.379. The van der Waals surface area contributed by atoms with Crippen LogP contribution in [0.3, 0.4) is 0 Å². The zero-order valence-electron chi connectivity index (χ0n) is 8.90. The van der Waals surface area contributed by atoms with Gasteiger partial charge in [0.1, 0.15) is 6.04 Å². The van der Waals surface area contributed by atoms with Gasteiger partial charge >= 0.3 is 5.97 Å². The summed E-state index contributed by atoms with van der Waals surface area (Å²) in [7, 11) is 0. The lowest BCUT2D eigenvalue weighted by Gasteiger charge is -2.11. The molecule has 1 heterocycles. The zero-order valence-corrected chi connectivity index (χ0v) is 8.90. The molecule has 0 aliphatic rings. The Morgan fingerprint density at radius 1 is 1.73 bits per heavy atom. The molecule has 0 spiro atoms. The Bertz CT molecular complexity index is 287. The van der Waals surface area contributed by atoms with Crippen molar-refractivity contribution in [2.75, 3.05) is 13.2 Å². The van der Waals surface area contributed by atoms with Gasteiger partial charge in [-0.15, -0.1) is 0 Å². The highest BCUT2D eigenvalue weighted by Gasteiger charge is 2.12. The molecule has 6 nitrogen and oxygen atoms in total. The molecule has 1 unspecified atom stereocenters. The molecule has 0 aliphatic heterocycles. The molecule has 0 fully saturated rings. The van der Waals surface area contributed by atoms with E-state index in [1.807, 2.05) is 0 Å². The number of rotatable bonds is 6. The zero-order chi connectivity index (χ0) is 11.1. The van der Waals surface area contributed by atoms with Crippen LogP contribution in [0.4, 0.5) is 0 Å². The first kappa shape index (κ1) is 11.6. The molecule has 0 saturated heterocycles. The summed E-state index contributed by atoms with van der Waals surface area (Å²) in [5, 5.41) is 6.66. The lowest BCUT2D eigenvalue weighted by molar-refractivity contribution is -0.145. The van der Waals surface area contributed by atoms with E-state index in [1.54, 1.807) is 13.8 Å². The molecule has 0 aliphatic carbocycles. The van der Waals surface area contributed by atoms with Gasteiger partial charge < -0.3 is 14.6 Å². The van der Waals surface area contributed by atoms with Crippen LogP contribution in [0.15, 0.2) is 10.9 Å². The Labute approximate surface area is 88.0 Å². The average Bonchev–Trinajstić information content (AvgIpc) is 2.71. The van der Waals surface area contributed by atoms with E-state index >= 15 is 0 Å². The van der Waals surface area contributed by atoms with Gasteiger partial charge in [-0.3, -0.25) is 4.79 Å². The highest BCUT2D eigenvalue weighted by atomic mass is 16.5. The molecule has 1 rings (SSSR count). The summed E-state index contributed by atoms with van der Waals surface area (Å²) < 4.78 is 9.42. The van der Waals surface area contributed by atoms with Crippen molar-refractivity contribution in [1.29, 1.82) is 0 Å². The summed E-state index contributed by atoms with van der Waals surface area (Å²) >= 11 is 0. The topological polar surface area (TPSA) is 77.2 Å². The van der Waals surface area contributed by atoms with Crippen molar-refractivity contribution in [2.45, 2.75) is 26.3 Å². The molecular formula is C9H15N3O3. The van der Waals surface area contributed by atoms with Gasteiger partial charge in [-0.2, -0.15) is 4.98 Å². The smallest absolute Gasteiger partial charge is 0.322 e. The van der Waals surface area contributed by atoms with Crippen molar-refractivity contribution < 1.29 is 14.1 Å². The maximum atomic E-state index is 11.2. The van der Waals surface area contributed by atoms with Gasteiger partial charge in [-0.25, -0.2) is 0 Å². The molecule has 6 heteroatoms. The SMILES string of the molecule is CCOC(=O)C(C)NCCc1ncon1. The number of carbonyl (C=O) groups is 1. The highest BCUT2D eigenvalue weighted by molar-refractivity contribution is 5.75. The Kier molecular flexibility index (Phi) is 4.76. The normalized spacial score (nSPS) is 12.4. The van der Waals surface area contributed by atoms with E-state index < -0.39 is 0 Å². The summed E-state index contributed by atoms with van der Waals surface area (Å²) in [6.45, 7) is 4.55. The Hall–Kier alpha value is -1.43. The van der Waals surface area contributed by atoms with Crippen LogP contribution in [0.5, 0.6) is 0 Å². The predicted octanol–water partition coefficient (Wildman–Crippen LogP) is 0.153. The van der Waals surface area contributed by atoms with Crippen LogP contribution in [0, 0.1) is 0 Å². The molecule has 0 saturated carbocycles. The first-order chi connectivity index (χ1) is 7.24. The van der Waals surface area contributed by atoms with Gasteiger partial charge in [-0.05, 0) is 13.8 Å². The number of nitrogens with one attached hydrogen (secondary N) is 1. The Balaban J connectivity index is 2.17. The average molecular weight is 213 g/mol.